The molecule has 0 fully saturated rings. The third-order valence-electron chi connectivity index (χ3n) is 5.72. The molecule has 0 aliphatic carbocycles. The van der Waals surface area contributed by atoms with Gasteiger partial charge in [0, 0.05) is 16.4 Å². The van der Waals surface area contributed by atoms with Crippen LogP contribution >= 0.6 is 22.9 Å². The number of amides is 1. The minimum atomic E-state index is -0.439. The number of rotatable bonds is 8. The fourth-order valence-corrected chi connectivity index (χ4v) is 4.88. The number of methoxy groups -OCH3 is 1. The maximum Gasteiger partial charge on any atom is 0.266 e. The van der Waals surface area contributed by atoms with Crippen LogP contribution in [0.5, 0.6) is 5.75 Å². The van der Waals surface area contributed by atoms with Crippen molar-refractivity contribution in [1.82, 2.24) is 14.5 Å². The van der Waals surface area contributed by atoms with Gasteiger partial charge in [-0.1, -0.05) is 24.6 Å². The summed E-state index contributed by atoms with van der Waals surface area (Å²) >= 11 is 7.77. The van der Waals surface area contributed by atoms with Crippen molar-refractivity contribution >= 4 is 39.7 Å². The molecule has 0 saturated heterocycles. The lowest BCUT2D eigenvalue weighted by Crippen LogP contribution is -2.38. The van der Waals surface area contributed by atoms with E-state index in [4.69, 9.17) is 21.3 Å². The molecular weight excluding hydrogens is 470 g/mol. The van der Waals surface area contributed by atoms with E-state index in [0.717, 1.165) is 11.3 Å². The number of carbonyl (C=O) groups is 1. The van der Waals surface area contributed by atoms with E-state index in [1.165, 1.54) is 0 Å². The summed E-state index contributed by atoms with van der Waals surface area (Å²) in [4.78, 5) is 34.7. The summed E-state index contributed by atoms with van der Waals surface area (Å²) in [6.07, 6.45) is 1.10. The van der Waals surface area contributed by atoms with Gasteiger partial charge in [0.2, 0.25) is 5.91 Å². The molecule has 1 amide bonds. The van der Waals surface area contributed by atoms with Gasteiger partial charge in [-0.05, 0) is 67.3 Å². The van der Waals surface area contributed by atoms with Crippen LogP contribution in [0.4, 0.5) is 0 Å². The van der Waals surface area contributed by atoms with Crippen molar-refractivity contribution < 1.29 is 9.53 Å². The second-order valence-electron chi connectivity index (χ2n) is 7.99. The number of aromatic nitrogens is 2. The summed E-state index contributed by atoms with van der Waals surface area (Å²) < 4.78 is 6.86. The predicted octanol–water partition coefficient (Wildman–Crippen LogP) is 5.65. The monoisotopic (exact) mass is 495 g/mol. The van der Waals surface area contributed by atoms with Gasteiger partial charge < -0.3 is 9.64 Å². The van der Waals surface area contributed by atoms with Crippen LogP contribution in [0.2, 0.25) is 5.02 Å². The summed E-state index contributed by atoms with van der Waals surface area (Å²) in [5.41, 5.74) is 0.946. The van der Waals surface area contributed by atoms with Crippen molar-refractivity contribution in [3.63, 3.8) is 0 Å². The Kier molecular flexibility index (Phi) is 7.34. The SMILES string of the molecule is CCCN(C(=O)Cc1cccs1)C(C)c1nc2cc(Cl)ccc2c(=O)n1-c1ccc(OC)cc1. The number of halogens is 1. The first-order valence-electron chi connectivity index (χ1n) is 11.1. The lowest BCUT2D eigenvalue weighted by molar-refractivity contribution is -0.132. The smallest absolute Gasteiger partial charge is 0.266 e. The fourth-order valence-electron chi connectivity index (χ4n) is 4.02. The van der Waals surface area contributed by atoms with E-state index in [1.807, 2.05) is 43.5 Å². The molecule has 4 rings (SSSR count). The average Bonchev–Trinajstić information content (AvgIpc) is 3.35. The molecule has 6 nitrogen and oxygen atoms in total. The number of hydrogen-bond donors (Lipinski definition) is 0. The number of benzene rings is 2. The summed E-state index contributed by atoms with van der Waals surface area (Å²) in [5.74, 6) is 1.17. The quantitative estimate of drug-likeness (QED) is 0.317. The van der Waals surface area contributed by atoms with E-state index >= 15 is 0 Å². The molecule has 0 N–H and O–H groups in total. The number of ether oxygens (including phenoxy) is 1. The minimum Gasteiger partial charge on any atom is -0.497 e. The van der Waals surface area contributed by atoms with E-state index in [-0.39, 0.29) is 11.5 Å². The molecule has 4 aromatic rings. The fraction of sp³-hybridized carbons (Fsp3) is 0.269. The minimum absolute atomic E-state index is 0.00137. The highest BCUT2D eigenvalue weighted by Crippen LogP contribution is 2.26. The van der Waals surface area contributed by atoms with Gasteiger partial charge in [0.1, 0.15) is 11.6 Å². The van der Waals surface area contributed by atoms with Crippen LogP contribution in [0.1, 0.15) is 37.0 Å². The van der Waals surface area contributed by atoms with Crippen LogP contribution in [0, 0.1) is 0 Å². The molecule has 1 unspecified atom stereocenters. The molecule has 176 valence electrons. The van der Waals surface area contributed by atoms with Gasteiger partial charge in [-0.15, -0.1) is 11.3 Å². The Morgan fingerprint density at radius 2 is 1.97 bits per heavy atom. The molecule has 0 bridgehead atoms. The van der Waals surface area contributed by atoms with Crippen molar-refractivity contribution in [2.45, 2.75) is 32.7 Å². The topological polar surface area (TPSA) is 64.4 Å². The molecule has 2 heterocycles. The van der Waals surface area contributed by atoms with Crippen LogP contribution in [-0.4, -0.2) is 34.0 Å². The Morgan fingerprint density at radius 3 is 2.62 bits per heavy atom. The summed E-state index contributed by atoms with van der Waals surface area (Å²) in [6, 6.07) is 15.8. The Morgan fingerprint density at radius 1 is 1.21 bits per heavy atom. The number of thiophene rings is 1. The second-order valence-corrected chi connectivity index (χ2v) is 9.46. The lowest BCUT2D eigenvalue weighted by Gasteiger charge is -2.30. The lowest BCUT2D eigenvalue weighted by atomic mass is 10.1. The van der Waals surface area contributed by atoms with Gasteiger partial charge in [0.25, 0.3) is 5.56 Å². The van der Waals surface area contributed by atoms with Gasteiger partial charge in [-0.2, -0.15) is 0 Å². The van der Waals surface area contributed by atoms with E-state index in [1.54, 1.807) is 58.2 Å². The van der Waals surface area contributed by atoms with Crippen LogP contribution in [0.15, 0.2) is 64.8 Å². The van der Waals surface area contributed by atoms with Gasteiger partial charge in [0.05, 0.1) is 36.2 Å². The molecule has 0 radical (unpaired) electrons. The van der Waals surface area contributed by atoms with Gasteiger partial charge in [-0.3, -0.25) is 14.2 Å². The third kappa shape index (κ3) is 4.86. The molecule has 34 heavy (non-hydrogen) atoms. The average molecular weight is 496 g/mol. The van der Waals surface area contributed by atoms with Crippen molar-refractivity contribution in [2.75, 3.05) is 13.7 Å². The van der Waals surface area contributed by atoms with Crippen molar-refractivity contribution in [3.8, 4) is 11.4 Å². The Bertz CT molecular complexity index is 1350. The van der Waals surface area contributed by atoms with E-state index in [9.17, 15) is 9.59 Å². The Hall–Kier alpha value is -3.16. The van der Waals surface area contributed by atoms with Crippen molar-refractivity contribution in [3.05, 3.63) is 86.1 Å². The highest BCUT2D eigenvalue weighted by atomic mass is 35.5. The highest BCUT2D eigenvalue weighted by molar-refractivity contribution is 7.10. The molecule has 2 aromatic heterocycles. The molecule has 0 aliphatic heterocycles. The normalized spacial score (nSPS) is 12.0. The van der Waals surface area contributed by atoms with Crippen LogP contribution in [-0.2, 0) is 11.2 Å². The van der Waals surface area contributed by atoms with Crippen LogP contribution < -0.4 is 10.3 Å². The summed E-state index contributed by atoms with van der Waals surface area (Å²) in [7, 11) is 1.60. The van der Waals surface area contributed by atoms with E-state index in [2.05, 4.69) is 0 Å². The molecule has 1 atom stereocenters. The Balaban J connectivity index is 1.86. The van der Waals surface area contributed by atoms with E-state index in [0.29, 0.717) is 46.2 Å². The largest absolute Gasteiger partial charge is 0.497 e. The molecule has 0 spiro atoms. The van der Waals surface area contributed by atoms with E-state index < -0.39 is 6.04 Å². The number of hydrogen-bond acceptors (Lipinski definition) is 5. The molecule has 0 saturated carbocycles. The number of nitrogens with zero attached hydrogens (tertiary/aromatic N) is 3. The van der Waals surface area contributed by atoms with Gasteiger partial charge >= 0.3 is 0 Å². The van der Waals surface area contributed by atoms with Crippen LogP contribution in [0.3, 0.4) is 0 Å². The molecule has 0 aliphatic rings. The third-order valence-corrected chi connectivity index (χ3v) is 6.83. The Labute approximate surface area is 207 Å². The molecule has 8 heteroatoms. The maximum atomic E-state index is 13.7. The summed E-state index contributed by atoms with van der Waals surface area (Å²) in [5, 5.41) is 2.93. The summed E-state index contributed by atoms with van der Waals surface area (Å²) in [6.45, 7) is 4.50. The highest BCUT2D eigenvalue weighted by Gasteiger charge is 2.26. The predicted molar refractivity (Wildman–Crippen MR) is 137 cm³/mol. The molecule has 2 aromatic carbocycles. The molecular formula is C26H26ClN3O3S. The standard InChI is InChI=1S/C26H26ClN3O3S/c1-4-13-29(24(31)16-21-6-5-14-34-21)17(2)25-28-23-15-18(27)7-12-22(23)26(32)30(25)19-8-10-20(33-3)11-9-19/h5-12,14-15,17H,4,13,16H2,1-3H3. The van der Waals surface area contributed by atoms with Crippen molar-refractivity contribution in [1.29, 1.82) is 0 Å². The zero-order valence-electron chi connectivity index (χ0n) is 19.3. The zero-order chi connectivity index (χ0) is 24.2. The zero-order valence-corrected chi connectivity index (χ0v) is 20.9. The van der Waals surface area contributed by atoms with Crippen LogP contribution in [0.25, 0.3) is 16.6 Å². The first-order valence-corrected chi connectivity index (χ1v) is 12.4. The first kappa shape index (κ1) is 24.0. The number of carbonyl (C=O) groups excluding carboxylic acids is 1. The van der Waals surface area contributed by atoms with Crippen molar-refractivity contribution in [2.24, 2.45) is 0 Å². The number of fused-ring (bicyclic) bond motifs is 1. The van der Waals surface area contributed by atoms with Gasteiger partial charge in [-0.25, -0.2) is 4.98 Å². The second kappa shape index (κ2) is 10.4. The first-order chi connectivity index (χ1) is 16.4. The van der Waals surface area contributed by atoms with Gasteiger partial charge in [0.15, 0.2) is 0 Å². The maximum absolute atomic E-state index is 13.7.